The molecule has 1 aromatic rings. The molecule has 0 aliphatic carbocycles. The van der Waals surface area contributed by atoms with Crippen molar-refractivity contribution in [3.8, 4) is 0 Å². The quantitative estimate of drug-likeness (QED) is 0.750. The maximum Gasteiger partial charge on any atom is 0.261 e. The van der Waals surface area contributed by atoms with Crippen molar-refractivity contribution in [3.05, 3.63) is 22.4 Å². The molecule has 1 saturated heterocycles. The average Bonchev–Trinajstić information content (AvgIpc) is 3.09. The predicted octanol–water partition coefficient (Wildman–Crippen LogP) is -0.242. The fourth-order valence-corrected chi connectivity index (χ4v) is 3.01. The standard InChI is InChI=1S/C15H22N4O3S/c1-16-13(20)11-18-6-8-19(9-7-18)14(21)4-5-17-15(22)12-3-2-10-23-12/h2-3,10H,4-9,11H2,1H3,(H,16,20)(H,17,22). The number of nitrogens with zero attached hydrogens (tertiary/aromatic N) is 2. The van der Waals surface area contributed by atoms with Gasteiger partial charge in [0.1, 0.15) is 0 Å². The van der Waals surface area contributed by atoms with Crippen molar-refractivity contribution >= 4 is 29.1 Å². The Morgan fingerprint density at radius 2 is 1.96 bits per heavy atom. The lowest BCUT2D eigenvalue weighted by atomic mass is 10.2. The lowest BCUT2D eigenvalue weighted by molar-refractivity contribution is -0.133. The summed E-state index contributed by atoms with van der Waals surface area (Å²) in [6.07, 6.45) is 0.298. The maximum atomic E-state index is 12.1. The van der Waals surface area contributed by atoms with Gasteiger partial charge in [-0.25, -0.2) is 0 Å². The van der Waals surface area contributed by atoms with E-state index in [1.807, 2.05) is 16.3 Å². The highest BCUT2D eigenvalue weighted by Crippen LogP contribution is 2.08. The summed E-state index contributed by atoms with van der Waals surface area (Å²) in [6, 6.07) is 3.58. The molecule has 0 atom stereocenters. The Balaban J connectivity index is 1.65. The van der Waals surface area contributed by atoms with Crippen LogP contribution in [0.2, 0.25) is 0 Å². The molecule has 0 radical (unpaired) electrons. The number of likely N-dealkylation sites (N-methyl/N-ethyl adjacent to an activating group) is 1. The third kappa shape index (κ3) is 5.33. The van der Waals surface area contributed by atoms with Crippen molar-refractivity contribution in [2.45, 2.75) is 6.42 Å². The van der Waals surface area contributed by atoms with E-state index in [-0.39, 0.29) is 17.7 Å². The van der Waals surface area contributed by atoms with E-state index in [0.717, 1.165) is 0 Å². The van der Waals surface area contributed by atoms with E-state index in [9.17, 15) is 14.4 Å². The van der Waals surface area contributed by atoms with Crippen LogP contribution in [-0.4, -0.2) is 73.8 Å². The number of carbonyl (C=O) groups is 3. The third-order valence-corrected chi connectivity index (χ3v) is 4.61. The predicted molar refractivity (Wildman–Crippen MR) is 88.4 cm³/mol. The molecule has 0 bridgehead atoms. The van der Waals surface area contributed by atoms with E-state index in [1.54, 1.807) is 18.0 Å². The molecule has 0 saturated carbocycles. The highest BCUT2D eigenvalue weighted by atomic mass is 32.1. The Morgan fingerprint density at radius 3 is 2.57 bits per heavy atom. The van der Waals surface area contributed by atoms with Crippen molar-refractivity contribution in [2.75, 3.05) is 46.3 Å². The van der Waals surface area contributed by atoms with Gasteiger partial charge < -0.3 is 15.5 Å². The molecule has 0 unspecified atom stereocenters. The van der Waals surface area contributed by atoms with E-state index in [4.69, 9.17) is 0 Å². The molecule has 7 nitrogen and oxygen atoms in total. The first-order valence-electron chi connectivity index (χ1n) is 7.62. The first-order chi connectivity index (χ1) is 11.1. The Kier molecular flexibility index (Phi) is 6.54. The van der Waals surface area contributed by atoms with Crippen molar-refractivity contribution < 1.29 is 14.4 Å². The first-order valence-corrected chi connectivity index (χ1v) is 8.50. The molecule has 1 aliphatic rings. The van der Waals surface area contributed by atoms with Crippen LogP contribution in [0.15, 0.2) is 17.5 Å². The fourth-order valence-electron chi connectivity index (χ4n) is 2.37. The van der Waals surface area contributed by atoms with Crippen molar-refractivity contribution in [3.63, 3.8) is 0 Å². The molecule has 0 aromatic carbocycles. The average molecular weight is 338 g/mol. The minimum atomic E-state index is -0.136. The van der Waals surface area contributed by atoms with Gasteiger partial charge in [0.15, 0.2) is 0 Å². The second-order valence-corrected chi connectivity index (χ2v) is 6.26. The van der Waals surface area contributed by atoms with Crippen LogP contribution in [0.25, 0.3) is 0 Å². The minimum Gasteiger partial charge on any atom is -0.358 e. The van der Waals surface area contributed by atoms with Gasteiger partial charge in [0.25, 0.3) is 5.91 Å². The van der Waals surface area contributed by atoms with Crippen LogP contribution < -0.4 is 10.6 Å². The molecule has 3 amide bonds. The topological polar surface area (TPSA) is 81.8 Å². The van der Waals surface area contributed by atoms with Crippen molar-refractivity contribution in [1.29, 1.82) is 0 Å². The zero-order valence-electron chi connectivity index (χ0n) is 13.2. The van der Waals surface area contributed by atoms with Crippen LogP contribution in [0.5, 0.6) is 0 Å². The highest BCUT2D eigenvalue weighted by molar-refractivity contribution is 7.12. The summed E-state index contributed by atoms with van der Waals surface area (Å²) in [5.74, 6) is -0.111. The number of thiophene rings is 1. The number of amides is 3. The fraction of sp³-hybridized carbons (Fsp3) is 0.533. The lowest BCUT2D eigenvalue weighted by Crippen LogP contribution is -2.51. The Hall–Kier alpha value is -1.93. The molecule has 1 aliphatic heterocycles. The van der Waals surface area contributed by atoms with E-state index in [1.165, 1.54) is 11.3 Å². The Labute approximate surface area is 139 Å². The van der Waals surface area contributed by atoms with E-state index in [0.29, 0.717) is 50.6 Å². The lowest BCUT2D eigenvalue weighted by Gasteiger charge is -2.34. The van der Waals surface area contributed by atoms with Crippen LogP contribution in [0.1, 0.15) is 16.1 Å². The van der Waals surface area contributed by atoms with Gasteiger partial charge in [-0.3, -0.25) is 19.3 Å². The molecule has 2 N–H and O–H groups in total. The molecule has 23 heavy (non-hydrogen) atoms. The van der Waals surface area contributed by atoms with Crippen molar-refractivity contribution in [2.24, 2.45) is 0 Å². The summed E-state index contributed by atoms with van der Waals surface area (Å²) < 4.78 is 0. The van der Waals surface area contributed by atoms with Gasteiger partial charge in [-0.15, -0.1) is 11.3 Å². The number of piperazine rings is 1. The monoisotopic (exact) mass is 338 g/mol. The first kappa shape index (κ1) is 17.4. The summed E-state index contributed by atoms with van der Waals surface area (Å²) in [5, 5.41) is 7.20. The largest absolute Gasteiger partial charge is 0.358 e. The SMILES string of the molecule is CNC(=O)CN1CCN(C(=O)CCNC(=O)c2cccs2)CC1. The molecule has 1 aromatic heterocycles. The molecular weight excluding hydrogens is 316 g/mol. The van der Waals surface area contributed by atoms with E-state index < -0.39 is 0 Å². The van der Waals surface area contributed by atoms with Gasteiger partial charge in [-0.05, 0) is 11.4 Å². The van der Waals surface area contributed by atoms with Gasteiger partial charge in [0.2, 0.25) is 11.8 Å². The second kappa shape index (κ2) is 8.64. The van der Waals surface area contributed by atoms with E-state index >= 15 is 0 Å². The molecule has 2 rings (SSSR count). The number of hydrogen-bond acceptors (Lipinski definition) is 5. The molecule has 0 spiro atoms. The zero-order valence-corrected chi connectivity index (χ0v) is 14.0. The number of hydrogen-bond donors (Lipinski definition) is 2. The summed E-state index contributed by atoms with van der Waals surface area (Å²) in [4.78, 5) is 39.7. The van der Waals surface area contributed by atoms with Gasteiger partial charge in [0.05, 0.1) is 11.4 Å². The van der Waals surface area contributed by atoms with Gasteiger partial charge in [-0.1, -0.05) is 6.07 Å². The minimum absolute atomic E-state index is 0.0129. The Bertz CT molecular complexity index is 539. The normalized spacial score (nSPS) is 15.3. The summed E-state index contributed by atoms with van der Waals surface area (Å²) in [7, 11) is 1.62. The van der Waals surface area contributed by atoms with Gasteiger partial charge in [-0.2, -0.15) is 0 Å². The highest BCUT2D eigenvalue weighted by Gasteiger charge is 2.21. The van der Waals surface area contributed by atoms with Crippen LogP contribution in [0.3, 0.4) is 0 Å². The van der Waals surface area contributed by atoms with Crippen molar-refractivity contribution in [1.82, 2.24) is 20.4 Å². The summed E-state index contributed by atoms with van der Waals surface area (Å²) >= 11 is 1.38. The van der Waals surface area contributed by atoms with Crippen LogP contribution in [0, 0.1) is 0 Å². The van der Waals surface area contributed by atoms with Gasteiger partial charge >= 0.3 is 0 Å². The second-order valence-electron chi connectivity index (χ2n) is 5.31. The van der Waals surface area contributed by atoms with Crippen LogP contribution in [-0.2, 0) is 9.59 Å². The Morgan fingerprint density at radius 1 is 1.22 bits per heavy atom. The van der Waals surface area contributed by atoms with Gasteiger partial charge in [0, 0.05) is 46.2 Å². The summed E-state index contributed by atoms with van der Waals surface area (Å²) in [6.45, 7) is 3.34. The van der Waals surface area contributed by atoms with Crippen LogP contribution in [0.4, 0.5) is 0 Å². The molecular formula is C15H22N4O3S. The third-order valence-electron chi connectivity index (χ3n) is 3.74. The number of rotatable bonds is 6. The number of carbonyl (C=O) groups excluding carboxylic acids is 3. The molecule has 1 fully saturated rings. The zero-order chi connectivity index (χ0) is 16.7. The smallest absolute Gasteiger partial charge is 0.261 e. The molecule has 8 heteroatoms. The molecule has 2 heterocycles. The molecule has 126 valence electrons. The maximum absolute atomic E-state index is 12.1. The van der Waals surface area contributed by atoms with Crippen LogP contribution >= 0.6 is 11.3 Å². The summed E-state index contributed by atoms with van der Waals surface area (Å²) in [5.41, 5.74) is 0. The number of nitrogens with one attached hydrogen (secondary N) is 2. The van der Waals surface area contributed by atoms with E-state index in [2.05, 4.69) is 10.6 Å².